The first kappa shape index (κ1) is 14.5. The Morgan fingerprint density at radius 2 is 1.63 bits per heavy atom. The van der Waals surface area contributed by atoms with Crippen molar-refractivity contribution in [3.8, 4) is 0 Å². The fraction of sp³-hybridized carbons (Fsp3) is 0.647. The third kappa shape index (κ3) is 4.96. The molecular formula is C17H26O2. The molecule has 19 heavy (non-hydrogen) atoms. The van der Waals surface area contributed by atoms with Crippen molar-refractivity contribution >= 4 is 0 Å². The minimum absolute atomic E-state index is 0.548. The summed E-state index contributed by atoms with van der Waals surface area (Å²) in [5.41, 5.74) is 1.09. The summed E-state index contributed by atoms with van der Waals surface area (Å²) in [5, 5.41) is 20.1. The lowest BCUT2D eigenvalue weighted by atomic mass is 9.85. The number of aliphatic hydroxyl groups is 2. The Morgan fingerprint density at radius 1 is 0.947 bits per heavy atom. The zero-order valence-electron chi connectivity index (χ0n) is 11.7. The molecule has 0 aromatic heterocycles. The number of benzene rings is 1. The van der Waals surface area contributed by atoms with Crippen molar-refractivity contribution in [1.82, 2.24) is 0 Å². The Bertz CT molecular complexity index is 344. The number of hydrogen-bond acceptors (Lipinski definition) is 2. The number of aliphatic hydroxyl groups excluding tert-OH is 2. The molecule has 2 rings (SSSR count). The second-order valence-corrected chi connectivity index (χ2v) is 5.91. The molecule has 0 radical (unpaired) electrons. The van der Waals surface area contributed by atoms with E-state index < -0.39 is 12.2 Å². The summed E-state index contributed by atoms with van der Waals surface area (Å²) < 4.78 is 0. The van der Waals surface area contributed by atoms with E-state index in [9.17, 15) is 10.2 Å². The van der Waals surface area contributed by atoms with Crippen LogP contribution in [0.1, 0.15) is 50.5 Å². The molecule has 1 fully saturated rings. The van der Waals surface area contributed by atoms with Crippen molar-refractivity contribution in [1.29, 1.82) is 0 Å². The van der Waals surface area contributed by atoms with E-state index in [-0.39, 0.29) is 0 Å². The zero-order valence-corrected chi connectivity index (χ0v) is 11.7. The van der Waals surface area contributed by atoms with Crippen LogP contribution in [-0.4, -0.2) is 22.4 Å². The fourth-order valence-electron chi connectivity index (χ4n) is 3.07. The van der Waals surface area contributed by atoms with Crippen LogP contribution in [0.25, 0.3) is 0 Å². The molecule has 2 atom stereocenters. The first-order chi connectivity index (χ1) is 9.25. The van der Waals surface area contributed by atoms with Crippen molar-refractivity contribution < 1.29 is 10.2 Å². The van der Waals surface area contributed by atoms with Crippen LogP contribution >= 0.6 is 0 Å². The first-order valence-corrected chi connectivity index (χ1v) is 7.66. The molecule has 0 unspecified atom stereocenters. The lowest BCUT2D eigenvalue weighted by molar-refractivity contribution is 0.0107. The normalized spacial score (nSPS) is 20.1. The standard InChI is InChI=1S/C17H26O2/c18-16(12-11-14-7-3-1-4-8-14)17(19)13-15-9-5-2-6-10-15/h2,5-6,9-10,14,16-19H,1,3-4,7-8,11-13H2/t16-,17+/m1/s1. The molecule has 1 aliphatic carbocycles. The van der Waals surface area contributed by atoms with E-state index >= 15 is 0 Å². The van der Waals surface area contributed by atoms with Gasteiger partial charge in [0.2, 0.25) is 0 Å². The maximum atomic E-state index is 10.1. The molecule has 2 nitrogen and oxygen atoms in total. The van der Waals surface area contributed by atoms with Gasteiger partial charge in [0.25, 0.3) is 0 Å². The topological polar surface area (TPSA) is 40.5 Å². The van der Waals surface area contributed by atoms with Crippen LogP contribution in [0, 0.1) is 5.92 Å². The van der Waals surface area contributed by atoms with Gasteiger partial charge in [-0.1, -0.05) is 62.4 Å². The van der Waals surface area contributed by atoms with Crippen LogP contribution in [0.3, 0.4) is 0 Å². The molecule has 0 saturated heterocycles. The molecule has 1 saturated carbocycles. The maximum Gasteiger partial charge on any atom is 0.0839 e. The number of hydrogen-bond donors (Lipinski definition) is 2. The van der Waals surface area contributed by atoms with Gasteiger partial charge >= 0.3 is 0 Å². The van der Waals surface area contributed by atoms with Gasteiger partial charge in [-0.05, 0) is 24.3 Å². The highest BCUT2D eigenvalue weighted by molar-refractivity contribution is 5.15. The summed E-state index contributed by atoms with van der Waals surface area (Å²) in [5.74, 6) is 0.771. The first-order valence-electron chi connectivity index (χ1n) is 7.66. The molecule has 1 aliphatic rings. The van der Waals surface area contributed by atoms with Crippen LogP contribution in [0.15, 0.2) is 30.3 Å². The van der Waals surface area contributed by atoms with Crippen LogP contribution in [-0.2, 0) is 6.42 Å². The minimum Gasteiger partial charge on any atom is -0.390 e. The molecule has 1 aromatic carbocycles. The van der Waals surface area contributed by atoms with Crippen LogP contribution in [0.2, 0.25) is 0 Å². The molecule has 2 N–H and O–H groups in total. The van der Waals surface area contributed by atoms with Gasteiger partial charge in [0.1, 0.15) is 0 Å². The third-order valence-corrected chi connectivity index (χ3v) is 4.33. The van der Waals surface area contributed by atoms with E-state index in [0.717, 1.165) is 24.3 Å². The highest BCUT2D eigenvalue weighted by Gasteiger charge is 2.20. The Kier molecular flexibility index (Phi) is 5.87. The van der Waals surface area contributed by atoms with Crippen LogP contribution in [0.4, 0.5) is 0 Å². The third-order valence-electron chi connectivity index (χ3n) is 4.33. The minimum atomic E-state index is -0.633. The van der Waals surface area contributed by atoms with Gasteiger partial charge in [-0.25, -0.2) is 0 Å². The molecule has 1 aromatic rings. The largest absolute Gasteiger partial charge is 0.390 e. The average Bonchev–Trinajstić information content (AvgIpc) is 2.47. The summed E-state index contributed by atoms with van der Waals surface area (Å²) in [7, 11) is 0. The lowest BCUT2D eigenvalue weighted by Gasteiger charge is -2.24. The second-order valence-electron chi connectivity index (χ2n) is 5.91. The van der Waals surface area contributed by atoms with Crippen molar-refractivity contribution in [2.24, 2.45) is 5.92 Å². The van der Waals surface area contributed by atoms with E-state index in [1.165, 1.54) is 32.1 Å². The van der Waals surface area contributed by atoms with E-state index in [2.05, 4.69) is 0 Å². The Balaban J connectivity index is 1.71. The van der Waals surface area contributed by atoms with Gasteiger partial charge in [0.15, 0.2) is 0 Å². The molecule has 106 valence electrons. The predicted molar refractivity (Wildman–Crippen MR) is 78.0 cm³/mol. The van der Waals surface area contributed by atoms with Gasteiger partial charge in [-0.15, -0.1) is 0 Å². The van der Waals surface area contributed by atoms with E-state index in [1.54, 1.807) is 0 Å². The molecule has 0 amide bonds. The molecule has 0 spiro atoms. The molecule has 0 heterocycles. The van der Waals surface area contributed by atoms with E-state index in [1.807, 2.05) is 30.3 Å². The summed E-state index contributed by atoms with van der Waals surface area (Å²) in [6.07, 6.45) is 7.80. The molecule has 0 bridgehead atoms. The van der Waals surface area contributed by atoms with Gasteiger partial charge in [0.05, 0.1) is 12.2 Å². The SMILES string of the molecule is O[C@H](CCC1CCCCC1)[C@@H](O)Cc1ccccc1. The summed E-state index contributed by atoms with van der Waals surface area (Å²) >= 11 is 0. The van der Waals surface area contributed by atoms with Gasteiger partial charge < -0.3 is 10.2 Å². The van der Waals surface area contributed by atoms with Gasteiger partial charge in [-0.2, -0.15) is 0 Å². The highest BCUT2D eigenvalue weighted by Crippen LogP contribution is 2.28. The Morgan fingerprint density at radius 3 is 2.32 bits per heavy atom. The lowest BCUT2D eigenvalue weighted by Crippen LogP contribution is -2.28. The number of rotatable bonds is 6. The summed E-state index contributed by atoms with van der Waals surface area (Å²) in [4.78, 5) is 0. The van der Waals surface area contributed by atoms with Crippen molar-refractivity contribution in [2.45, 2.75) is 63.6 Å². The second kappa shape index (κ2) is 7.66. The van der Waals surface area contributed by atoms with Crippen molar-refractivity contribution in [2.75, 3.05) is 0 Å². The zero-order chi connectivity index (χ0) is 13.5. The van der Waals surface area contributed by atoms with E-state index in [0.29, 0.717) is 6.42 Å². The quantitative estimate of drug-likeness (QED) is 0.825. The highest BCUT2D eigenvalue weighted by atomic mass is 16.3. The van der Waals surface area contributed by atoms with Gasteiger partial charge in [-0.3, -0.25) is 0 Å². The van der Waals surface area contributed by atoms with E-state index in [4.69, 9.17) is 0 Å². The maximum absolute atomic E-state index is 10.1. The Hall–Kier alpha value is -0.860. The van der Waals surface area contributed by atoms with Crippen LogP contribution < -0.4 is 0 Å². The Labute approximate surface area is 116 Å². The average molecular weight is 262 g/mol. The predicted octanol–water partition coefficient (Wildman–Crippen LogP) is 3.31. The molecule has 2 heteroatoms. The van der Waals surface area contributed by atoms with Crippen molar-refractivity contribution in [3.63, 3.8) is 0 Å². The monoisotopic (exact) mass is 262 g/mol. The molecular weight excluding hydrogens is 236 g/mol. The van der Waals surface area contributed by atoms with Crippen LogP contribution in [0.5, 0.6) is 0 Å². The summed E-state index contributed by atoms with van der Waals surface area (Å²) in [6.45, 7) is 0. The fourth-order valence-corrected chi connectivity index (χ4v) is 3.07. The smallest absolute Gasteiger partial charge is 0.0839 e. The van der Waals surface area contributed by atoms with Gasteiger partial charge in [0, 0.05) is 6.42 Å². The van der Waals surface area contributed by atoms with Crippen molar-refractivity contribution in [3.05, 3.63) is 35.9 Å². The molecule has 0 aliphatic heterocycles. The summed E-state index contributed by atoms with van der Waals surface area (Å²) in [6, 6.07) is 9.90.